The lowest BCUT2D eigenvalue weighted by Crippen LogP contribution is -2.44. The van der Waals surface area contributed by atoms with Gasteiger partial charge in [0.05, 0.1) is 0 Å². The van der Waals surface area contributed by atoms with Crippen molar-refractivity contribution in [1.82, 2.24) is 15.1 Å². The van der Waals surface area contributed by atoms with Crippen molar-refractivity contribution in [2.24, 2.45) is 0 Å². The van der Waals surface area contributed by atoms with Crippen LogP contribution in [0.1, 0.15) is 30.4 Å². The topological polar surface area (TPSA) is 69.7 Å². The summed E-state index contributed by atoms with van der Waals surface area (Å²) >= 11 is 0. The highest BCUT2D eigenvalue weighted by atomic mass is 19.1. The van der Waals surface area contributed by atoms with Crippen molar-refractivity contribution in [1.29, 1.82) is 0 Å². The van der Waals surface area contributed by atoms with E-state index in [0.29, 0.717) is 18.7 Å². The Morgan fingerprint density at radius 1 is 1.14 bits per heavy atom. The van der Waals surface area contributed by atoms with E-state index in [2.05, 4.69) is 5.32 Å². The normalized spacial score (nSPS) is 24.1. The highest BCUT2D eigenvalue weighted by Crippen LogP contribution is 2.30. The Bertz CT molecular complexity index is 948. The monoisotopic (exact) mass is 395 g/mol. The fourth-order valence-electron chi connectivity index (χ4n) is 4.04. The van der Waals surface area contributed by atoms with E-state index in [1.165, 1.54) is 29.8 Å². The van der Waals surface area contributed by atoms with Gasteiger partial charge in [0.15, 0.2) is 0 Å². The maximum atomic E-state index is 13.2. The number of carbonyl (C=O) groups is 3. The number of likely N-dealkylation sites (tertiary alicyclic amines) is 1. The molecule has 2 aliphatic rings. The molecule has 0 radical (unpaired) electrons. The summed E-state index contributed by atoms with van der Waals surface area (Å²) < 4.78 is 13.2. The minimum atomic E-state index is -1.32. The molecule has 4 amide bonds. The van der Waals surface area contributed by atoms with Gasteiger partial charge < -0.3 is 10.2 Å². The number of hydrogen-bond donors (Lipinski definition) is 1. The molecular weight excluding hydrogens is 373 g/mol. The summed E-state index contributed by atoms with van der Waals surface area (Å²) in [4.78, 5) is 40.8. The molecule has 2 atom stereocenters. The lowest BCUT2D eigenvalue weighted by atomic mass is 9.92. The van der Waals surface area contributed by atoms with Gasteiger partial charge in [-0.1, -0.05) is 42.5 Å². The van der Waals surface area contributed by atoms with Gasteiger partial charge in [-0.25, -0.2) is 9.18 Å². The van der Waals surface area contributed by atoms with Gasteiger partial charge in [-0.2, -0.15) is 0 Å². The van der Waals surface area contributed by atoms with Crippen molar-refractivity contribution < 1.29 is 18.8 Å². The molecule has 0 saturated carbocycles. The van der Waals surface area contributed by atoms with E-state index in [1.807, 2.05) is 30.3 Å². The standard InChI is InChI=1S/C22H22FN3O3/c1-22(17-7-9-18(23)10-8-17)20(28)26(21(29)24-22)14-19(27)25-12-11-16(13-25)15-5-3-2-4-6-15/h2-10,16H,11-14H2,1H3,(H,24,29)/t16-,22-/m1/s1. The first-order valence-corrected chi connectivity index (χ1v) is 9.61. The quantitative estimate of drug-likeness (QED) is 0.809. The molecule has 2 heterocycles. The summed E-state index contributed by atoms with van der Waals surface area (Å²) in [7, 11) is 0. The van der Waals surface area contributed by atoms with Gasteiger partial charge in [0.25, 0.3) is 5.91 Å². The van der Waals surface area contributed by atoms with Gasteiger partial charge in [-0.05, 0) is 36.6 Å². The van der Waals surface area contributed by atoms with Crippen molar-refractivity contribution in [3.05, 3.63) is 71.5 Å². The van der Waals surface area contributed by atoms with E-state index >= 15 is 0 Å². The smallest absolute Gasteiger partial charge is 0.325 e. The Balaban J connectivity index is 1.44. The summed E-state index contributed by atoms with van der Waals surface area (Å²) in [6.45, 7) is 2.42. The SMILES string of the molecule is C[C@]1(c2ccc(F)cc2)NC(=O)N(CC(=O)N2CC[C@@H](c3ccccc3)C2)C1=O. The third kappa shape index (κ3) is 3.48. The summed E-state index contributed by atoms with van der Waals surface area (Å²) in [5.74, 6) is -0.938. The molecule has 0 aromatic heterocycles. The summed E-state index contributed by atoms with van der Waals surface area (Å²) in [5, 5.41) is 2.64. The van der Waals surface area contributed by atoms with Crippen LogP contribution in [-0.2, 0) is 15.1 Å². The molecule has 0 unspecified atom stereocenters. The number of carbonyl (C=O) groups excluding carboxylic acids is 3. The van der Waals surface area contributed by atoms with Crippen molar-refractivity contribution in [3.63, 3.8) is 0 Å². The van der Waals surface area contributed by atoms with Crippen LogP contribution in [0.15, 0.2) is 54.6 Å². The zero-order valence-electron chi connectivity index (χ0n) is 16.1. The second-order valence-corrected chi connectivity index (χ2v) is 7.69. The third-order valence-corrected chi connectivity index (χ3v) is 5.80. The third-order valence-electron chi connectivity index (χ3n) is 5.80. The van der Waals surface area contributed by atoms with Gasteiger partial charge in [-0.3, -0.25) is 14.5 Å². The Morgan fingerprint density at radius 3 is 2.52 bits per heavy atom. The van der Waals surface area contributed by atoms with Crippen LogP contribution in [0.2, 0.25) is 0 Å². The van der Waals surface area contributed by atoms with Crippen LogP contribution in [0, 0.1) is 5.82 Å². The molecule has 2 saturated heterocycles. The minimum Gasteiger partial charge on any atom is -0.341 e. The number of urea groups is 1. The van der Waals surface area contributed by atoms with Gasteiger partial charge in [0.2, 0.25) is 5.91 Å². The average Bonchev–Trinajstić information content (AvgIpc) is 3.29. The highest BCUT2D eigenvalue weighted by molar-refractivity contribution is 6.09. The van der Waals surface area contributed by atoms with Crippen molar-refractivity contribution in [2.75, 3.05) is 19.6 Å². The molecule has 4 rings (SSSR count). The van der Waals surface area contributed by atoms with Gasteiger partial charge in [0.1, 0.15) is 17.9 Å². The van der Waals surface area contributed by atoms with Crippen molar-refractivity contribution >= 4 is 17.8 Å². The first-order valence-electron chi connectivity index (χ1n) is 9.61. The number of nitrogens with zero attached hydrogens (tertiary/aromatic N) is 2. The number of hydrogen-bond acceptors (Lipinski definition) is 3. The number of amides is 4. The molecule has 7 heteroatoms. The maximum Gasteiger partial charge on any atom is 0.325 e. The Hall–Kier alpha value is -3.22. The molecule has 2 aromatic carbocycles. The molecule has 150 valence electrons. The van der Waals surface area contributed by atoms with E-state index in [0.717, 1.165) is 11.3 Å². The van der Waals surface area contributed by atoms with Crippen molar-refractivity contribution in [2.45, 2.75) is 24.8 Å². The zero-order valence-corrected chi connectivity index (χ0v) is 16.1. The predicted octanol–water partition coefficient (Wildman–Crippen LogP) is 2.61. The predicted molar refractivity (Wildman–Crippen MR) is 104 cm³/mol. The first-order chi connectivity index (χ1) is 13.9. The lowest BCUT2D eigenvalue weighted by Gasteiger charge is -2.23. The highest BCUT2D eigenvalue weighted by Gasteiger charge is 2.49. The summed E-state index contributed by atoms with van der Waals surface area (Å²) in [6.07, 6.45) is 0.850. The number of halogens is 1. The fourth-order valence-corrected chi connectivity index (χ4v) is 4.04. The number of rotatable bonds is 4. The van der Waals surface area contributed by atoms with E-state index in [4.69, 9.17) is 0 Å². The Morgan fingerprint density at radius 2 is 1.83 bits per heavy atom. The minimum absolute atomic E-state index is 0.254. The molecule has 2 fully saturated rings. The van der Waals surface area contributed by atoms with Crippen LogP contribution < -0.4 is 5.32 Å². The van der Waals surface area contributed by atoms with Crippen molar-refractivity contribution in [3.8, 4) is 0 Å². The molecular formula is C22H22FN3O3. The van der Waals surface area contributed by atoms with E-state index in [9.17, 15) is 18.8 Å². The number of imide groups is 1. The molecule has 0 bridgehead atoms. The molecule has 2 aliphatic heterocycles. The van der Waals surface area contributed by atoms with E-state index in [-0.39, 0.29) is 18.4 Å². The molecule has 6 nitrogen and oxygen atoms in total. The molecule has 1 N–H and O–H groups in total. The second kappa shape index (κ2) is 7.31. The number of nitrogens with one attached hydrogen (secondary N) is 1. The van der Waals surface area contributed by atoms with E-state index in [1.54, 1.807) is 11.8 Å². The molecule has 0 aliphatic carbocycles. The maximum absolute atomic E-state index is 13.2. The molecule has 29 heavy (non-hydrogen) atoms. The molecule has 0 spiro atoms. The van der Waals surface area contributed by atoms with Gasteiger partial charge in [0, 0.05) is 19.0 Å². The van der Waals surface area contributed by atoms with Crippen LogP contribution in [0.3, 0.4) is 0 Å². The van der Waals surface area contributed by atoms with Crippen LogP contribution in [0.5, 0.6) is 0 Å². The van der Waals surface area contributed by atoms with Crippen LogP contribution in [-0.4, -0.2) is 47.3 Å². The zero-order chi connectivity index (χ0) is 20.6. The van der Waals surface area contributed by atoms with Gasteiger partial charge in [-0.15, -0.1) is 0 Å². The van der Waals surface area contributed by atoms with Crippen LogP contribution >= 0.6 is 0 Å². The summed E-state index contributed by atoms with van der Waals surface area (Å²) in [6, 6.07) is 14.8. The Kier molecular flexibility index (Phi) is 4.82. The van der Waals surface area contributed by atoms with E-state index < -0.39 is 23.3 Å². The average molecular weight is 395 g/mol. The Labute approximate surface area is 168 Å². The fraction of sp³-hybridized carbons (Fsp3) is 0.318. The number of benzene rings is 2. The molecule has 2 aromatic rings. The van der Waals surface area contributed by atoms with Gasteiger partial charge >= 0.3 is 6.03 Å². The van der Waals surface area contributed by atoms with Crippen LogP contribution in [0.25, 0.3) is 0 Å². The lowest BCUT2D eigenvalue weighted by molar-refractivity contribution is -0.138. The first kappa shape index (κ1) is 19.1. The second-order valence-electron chi connectivity index (χ2n) is 7.69. The largest absolute Gasteiger partial charge is 0.341 e. The summed E-state index contributed by atoms with van der Waals surface area (Å²) in [5.41, 5.74) is 0.335. The van der Waals surface area contributed by atoms with Crippen LogP contribution in [0.4, 0.5) is 9.18 Å².